The summed E-state index contributed by atoms with van der Waals surface area (Å²) in [5.74, 6) is 3.33. The maximum atomic E-state index is 5.94. The van der Waals surface area contributed by atoms with Crippen molar-refractivity contribution in [3.8, 4) is 23.0 Å². The largest absolute Gasteiger partial charge is 1.00 e. The summed E-state index contributed by atoms with van der Waals surface area (Å²) in [7, 11) is 4.91. The Kier molecular flexibility index (Phi) is 7.98. The number of para-hydroxylation sites is 2. The van der Waals surface area contributed by atoms with Gasteiger partial charge in [-0.3, -0.25) is 0 Å². The lowest BCUT2D eigenvalue weighted by Gasteiger charge is -2.19. The zero-order valence-corrected chi connectivity index (χ0v) is 22.7. The molecule has 0 unspecified atom stereocenters. The Morgan fingerprint density at radius 2 is 1.68 bits per heavy atom. The van der Waals surface area contributed by atoms with Crippen LogP contribution in [0.25, 0.3) is 16.6 Å². The van der Waals surface area contributed by atoms with E-state index in [-0.39, 0.29) is 12.4 Å². The van der Waals surface area contributed by atoms with Crippen LogP contribution in [0.4, 0.5) is 0 Å². The number of ether oxygens (including phenoxy) is 4. The first kappa shape index (κ1) is 26.4. The number of halogens is 1. The fraction of sp³-hybridized carbons (Fsp3) is 0.300. The summed E-state index contributed by atoms with van der Waals surface area (Å²) < 4.78 is 27.2. The quantitative estimate of drug-likeness (QED) is 0.335. The Labute approximate surface area is 224 Å². The summed E-state index contributed by atoms with van der Waals surface area (Å²) >= 11 is 0. The van der Waals surface area contributed by atoms with E-state index >= 15 is 0 Å². The average Bonchev–Trinajstić information content (AvgIpc) is 3.24. The molecule has 0 saturated heterocycles. The molecule has 37 heavy (non-hydrogen) atoms. The van der Waals surface area contributed by atoms with Crippen LogP contribution in [0.1, 0.15) is 36.5 Å². The Morgan fingerprint density at radius 1 is 0.946 bits per heavy atom. The molecular formula is C30H33ClN2O4. The van der Waals surface area contributed by atoms with Crippen molar-refractivity contribution in [2.45, 2.75) is 32.9 Å². The topological polar surface area (TPSA) is 45.7 Å². The van der Waals surface area contributed by atoms with E-state index in [1.54, 1.807) is 21.3 Å². The molecule has 0 amide bonds. The molecule has 0 radical (unpaired) electrons. The fourth-order valence-corrected chi connectivity index (χ4v) is 4.88. The minimum atomic E-state index is 0. The fourth-order valence-electron chi connectivity index (χ4n) is 4.88. The first-order valence-electron chi connectivity index (χ1n) is 12.2. The lowest BCUT2D eigenvalue weighted by Crippen LogP contribution is -3.00. The SMILES string of the molecule is COc1cc(C[n+]2cn(CC3=CCOc4ccc(C(C)C)cc43)c3ccccc32)cc(OC)c1OC.[Cl-]. The molecule has 194 valence electrons. The van der Waals surface area contributed by atoms with Gasteiger partial charge in [-0.05, 0) is 54.0 Å². The van der Waals surface area contributed by atoms with Gasteiger partial charge in [0.1, 0.15) is 25.4 Å². The second kappa shape index (κ2) is 11.2. The Bertz CT molecular complexity index is 1420. The second-order valence-corrected chi connectivity index (χ2v) is 9.34. The van der Waals surface area contributed by atoms with E-state index in [1.807, 2.05) is 12.1 Å². The van der Waals surface area contributed by atoms with Gasteiger partial charge < -0.3 is 31.4 Å². The molecule has 0 fully saturated rings. The van der Waals surface area contributed by atoms with Crippen LogP contribution in [0.5, 0.6) is 23.0 Å². The van der Waals surface area contributed by atoms with Gasteiger partial charge in [0.15, 0.2) is 22.5 Å². The average molecular weight is 521 g/mol. The van der Waals surface area contributed by atoms with Crippen LogP contribution in [0.15, 0.2) is 67.0 Å². The van der Waals surface area contributed by atoms with Crippen molar-refractivity contribution in [3.05, 3.63) is 83.7 Å². The van der Waals surface area contributed by atoms with E-state index in [0.29, 0.717) is 36.3 Å². The van der Waals surface area contributed by atoms with Gasteiger partial charge in [0.2, 0.25) is 12.1 Å². The number of nitrogens with zero attached hydrogens (tertiary/aromatic N) is 2. The van der Waals surface area contributed by atoms with E-state index in [4.69, 9.17) is 18.9 Å². The highest BCUT2D eigenvalue weighted by Crippen LogP contribution is 2.38. The number of hydrogen-bond acceptors (Lipinski definition) is 4. The Hall–Kier alpha value is -3.64. The number of allylic oxidation sites excluding steroid dienone is 1. The van der Waals surface area contributed by atoms with Crippen molar-refractivity contribution < 1.29 is 35.9 Å². The smallest absolute Gasteiger partial charge is 0.245 e. The highest BCUT2D eigenvalue weighted by molar-refractivity contribution is 5.76. The molecule has 0 bridgehead atoms. The van der Waals surface area contributed by atoms with Gasteiger partial charge in [0, 0.05) is 16.7 Å². The van der Waals surface area contributed by atoms with Gasteiger partial charge in [-0.15, -0.1) is 0 Å². The van der Waals surface area contributed by atoms with Crippen molar-refractivity contribution in [3.63, 3.8) is 0 Å². The number of hydrogen-bond donors (Lipinski definition) is 0. The van der Waals surface area contributed by atoms with Crippen molar-refractivity contribution in [1.82, 2.24) is 4.57 Å². The first-order valence-corrected chi connectivity index (χ1v) is 12.2. The summed E-state index contributed by atoms with van der Waals surface area (Å²) in [5, 5.41) is 0. The number of rotatable bonds is 8. The zero-order valence-electron chi connectivity index (χ0n) is 22.0. The highest BCUT2D eigenvalue weighted by atomic mass is 35.5. The van der Waals surface area contributed by atoms with Gasteiger partial charge in [0.25, 0.3) is 0 Å². The number of aromatic nitrogens is 2. The molecule has 1 aliphatic rings. The predicted molar refractivity (Wildman–Crippen MR) is 141 cm³/mol. The highest BCUT2D eigenvalue weighted by Gasteiger charge is 2.22. The summed E-state index contributed by atoms with van der Waals surface area (Å²) in [6.07, 6.45) is 4.39. The van der Waals surface area contributed by atoms with Crippen LogP contribution in [0, 0.1) is 0 Å². The number of imidazole rings is 1. The molecule has 0 spiro atoms. The standard InChI is InChI=1S/C30H33N2O4.ClH/c1-20(2)22-10-11-27-24(16-22)23(12-13-36-27)18-32-19-31(25-8-6-7-9-26(25)32)17-21-14-28(33-3)30(35-5)29(15-21)34-4;/h6-12,14-16,19-20H,13,17-18H2,1-5H3;1H/q+1;/p-1. The summed E-state index contributed by atoms with van der Waals surface area (Å²) in [5.41, 5.74) is 7.18. The van der Waals surface area contributed by atoms with Crippen molar-refractivity contribution >= 4 is 16.6 Å². The molecular weight excluding hydrogens is 488 g/mol. The summed E-state index contributed by atoms with van der Waals surface area (Å²) in [4.78, 5) is 0. The molecule has 0 atom stereocenters. The van der Waals surface area contributed by atoms with Crippen LogP contribution < -0.4 is 35.9 Å². The van der Waals surface area contributed by atoms with Crippen LogP contribution in [-0.4, -0.2) is 32.5 Å². The zero-order chi connectivity index (χ0) is 25.2. The number of methoxy groups -OCH3 is 3. The maximum absolute atomic E-state index is 5.94. The molecule has 1 aromatic heterocycles. The minimum Gasteiger partial charge on any atom is -1.00 e. The van der Waals surface area contributed by atoms with Gasteiger partial charge >= 0.3 is 0 Å². The molecule has 0 aliphatic carbocycles. The second-order valence-electron chi connectivity index (χ2n) is 9.34. The van der Waals surface area contributed by atoms with Crippen LogP contribution >= 0.6 is 0 Å². The van der Waals surface area contributed by atoms with Gasteiger partial charge in [-0.2, -0.15) is 0 Å². The number of benzene rings is 3. The molecule has 0 saturated carbocycles. The number of fused-ring (bicyclic) bond motifs is 2. The summed E-state index contributed by atoms with van der Waals surface area (Å²) in [6.45, 7) is 6.47. The third-order valence-corrected chi connectivity index (χ3v) is 6.78. The third-order valence-electron chi connectivity index (χ3n) is 6.78. The van der Waals surface area contributed by atoms with E-state index < -0.39 is 0 Å². The van der Waals surface area contributed by atoms with E-state index in [1.165, 1.54) is 22.2 Å². The minimum absolute atomic E-state index is 0. The van der Waals surface area contributed by atoms with Gasteiger partial charge in [-0.1, -0.05) is 32.0 Å². The molecule has 4 aromatic rings. The van der Waals surface area contributed by atoms with E-state index in [2.05, 4.69) is 77.8 Å². The Balaban J connectivity index is 0.00000320. The first-order chi connectivity index (χ1) is 17.5. The normalized spacial score (nSPS) is 12.4. The van der Waals surface area contributed by atoms with Crippen LogP contribution in [-0.2, 0) is 13.1 Å². The van der Waals surface area contributed by atoms with Gasteiger partial charge in [0.05, 0.1) is 21.3 Å². The molecule has 2 heterocycles. The monoisotopic (exact) mass is 520 g/mol. The Morgan fingerprint density at radius 3 is 2.35 bits per heavy atom. The molecule has 0 N–H and O–H groups in total. The molecule has 1 aliphatic heterocycles. The van der Waals surface area contributed by atoms with Crippen LogP contribution in [0.2, 0.25) is 0 Å². The van der Waals surface area contributed by atoms with Crippen molar-refractivity contribution in [1.29, 1.82) is 0 Å². The maximum Gasteiger partial charge on any atom is 0.245 e. The molecule has 7 heteroatoms. The van der Waals surface area contributed by atoms with Crippen molar-refractivity contribution in [2.75, 3.05) is 27.9 Å². The molecule has 6 nitrogen and oxygen atoms in total. The predicted octanol–water partition coefficient (Wildman–Crippen LogP) is 2.61. The van der Waals surface area contributed by atoms with Gasteiger partial charge in [-0.25, -0.2) is 9.13 Å². The molecule has 5 rings (SSSR count). The van der Waals surface area contributed by atoms with Crippen molar-refractivity contribution in [2.24, 2.45) is 0 Å². The van der Waals surface area contributed by atoms with E-state index in [9.17, 15) is 0 Å². The molecule has 3 aromatic carbocycles. The van der Waals surface area contributed by atoms with E-state index in [0.717, 1.165) is 23.4 Å². The third kappa shape index (κ3) is 5.12. The summed E-state index contributed by atoms with van der Waals surface area (Å²) in [6, 6.07) is 19.1. The van der Waals surface area contributed by atoms with Crippen LogP contribution in [0.3, 0.4) is 0 Å². The lowest BCUT2D eigenvalue weighted by molar-refractivity contribution is -0.663. The lowest BCUT2D eigenvalue weighted by atomic mass is 9.95.